The molecule has 0 N–H and O–H groups in total. The van der Waals surface area contributed by atoms with Crippen LogP contribution in [-0.4, -0.2) is 0 Å². The summed E-state index contributed by atoms with van der Waals surface area (Å²) in [6, 6.07) is 14.3. The van der Waals surface area contributed by atoms with Crippen LogP contribution in [0.1, 0.15) is 5.56 Å². The Morgan fingerprint density at radius 1 is 0.545 bits per heavy atom. The molecule has 0 fully saturated rings. The molecule has 0 aromatic heterocycles. The molecule has 4 aromatic rings. The largest absolute Gasteiger partial charge is 0.429 e. The van der Waals surface area contributed by atoms with E-state index in [0.29, 0.717) is 23.8 Å². The summed E-state index contributed by atoms with van der Waals surface area (Å²) in [7, 11) is 0. The van der Waals surface area contributed by atoms with Crippen molar-refractivity contribution in [2.24, 2.45) is 0 Å². The van der Waals surface area contributed by atoms with E-state index in [1.54, 1.807) is 6.07 Å². The van der Waals surface area contributed by atoms with Crippen LogP contribution in [-0.2, 0) is 6.11 Å². The third-order valence-electron chi connectivity index (χ3n) is 4.89. The lowest BCUT2D eigenvalue weighted by molar-refractivity contribution is -0.185. The molecule has 0 amide bonds. The van der Waals surface area contributed by atoms with Crippen molar-refractivity contribution >= 4 is 0 Å². The summed E-state index contributed by atoms with van der Waals surface area (Å²) >= 11 is 0. The van der Waals surface area contributed by atoms with Crippen LogP contribution in [0.25, 0.3) is 22.3 Å². The van der Waals surface area contributed by atoms with Gasteiger partial charge in [-0.2, -0.15) is 8.78 Å². The summed E-state index contributed by atoms with van der Waals surface area (Å²) < 4.78 is 102. The molecular formula is C25H13F7O. The number of hydrogen-bond acceptors (Lipinski definition) is 1. The smallest absolute Gasteiger partial charge is 0.426 e. The summed E-state index contributed by atoms with van der Waals surface area (Å²) in [6.07, 6.45) is -3.87. The van der Waals surface area contributed by atoms with Crippen molar-refractivity contribution in [3.63, 3.8) is 0 Å². The van der Waals surface area contributed by atoms with E-state index in [0.717, 1.165) is 24.3 Å². The minimum atomic E-state index is -3.87. The van der Waals surface area contributed by atoms with E-state index in [-0.39, 0.29) is 16.7 Å². The van der Waals surface area contributed by atoms with Crippen molar-refractivity contribution in [2.75, 3.05) is 0 Å². The predicted molar refractivity (Wildman–Crippen MR) is 108 cm³/mol. The highest BCUT2D eigenvalue weighted by molar-refractivity contribution is 5.66. The van der Waals surface area contributed by atoms with Gasteiger partial charge in [0.25, 0.3) is 0 Å². The fraction of sp³-hybridized carbons (Fsp3) is 0.0400. The molecule has 0 bridgehead atoms. The molecule has 0 atom stereocenters. The van der Waals surface area contributed by atoms with Crippen molar-refractivity contribution in [3.05, 3.63) is 114 Å². The zero-order chi connectivity index (χ0) is 23.8. The Labute approximate surface area is 183 Å². The van der Waals surface area contributed by atoms with Crippen LogP contribution in [0.4, 0.5) is 30.7 Å². The van der Waals surface area contributed by atoms with Crippen molar-refractivity contribution in [1.29, 1.82) is 0 Å². The van der Waals surface area contributed by atoms with Gasteiger partial charge < -0.3 is 4.74 Å². The second-order valence-electron chi connectivity index (χ2n) is 7.07. The first-order valence-corrected chi connectivity index (χ1v) is 9.52. The minimum Gasteiger partial charge on any atom is -0.429 e. The van der Waals surface area contributed by atoms with Crippen molar-refractivity contribution in [3.8, 4) is 28.0 Å². The fourth-order valence-corrected chi connectivity index (χ4v) is 3.25. The molecule has 0 saturated heterocycles. The summed E-state index contributed by atoms with van der Waals surface area (Å²) in [6.45, 7) is 0. The molecular weight excluding hydrogens is 449 g/mol. The van der Waals surface area contributed by atoms with E-state index in [4.69, 9.17) is 0 Å². The van der Waals surface area contributed by atoms with Gasteiger partial charge in [-0.15, -0.1) is 0 Å². The van der Waals surface area contributed by atoms with Crippen molar-refractivity contribution in [2.45, 2.75) is 6.11 Å². The molecule has 4 aromatic carbocycles. The van der Waals surface area contributed by atoms with E-state index in [9.17, 15) is 30.7 Å². The predicted octanol–water partition coefficient (Wildman–Crippen LogP) is 7.84. The zero-order valence-electron chi connectivity index (χ0n) is 16.6. The molecule has 168 valence electrons. The van der Waals surface area contributed by atoms with E-state index in [1.165, 1.54) is 30.3 Å². The van der Waals surface area contributed by atoms with Gasteiger partial charge in [-0.25, -0.2) is 22.0 Å². The molecule has 1 nitrogen and oxygen atoms in total. The van der Waals surface area contributed by atoms with Gasteiger partial charge in [-0.05, 0) is 53.6 Å². The van der Waals surface area contributed by atoms with E-state index in [1.807, 2.05) is 0 Å². The Balaban J connectivity index is 1.57. The Bertz CT molecular complexity index is 1290. The number of hydrogen-bond donors (Lipinski definition) is 0. The molecule has 8 heteroatoms. The molecule has 33 heavy (non-hydrogen) atoms. The summed E-state index contributed by atoms with van der Waals surface area (Å²) in [4.78, 5) is 0. The standard InChI is InChI=1S/C25H13F7O/c26-20-4-2-1-3-18(20)14-5-7-16(8-6-14)25(31,32)33-17-9-10-19(21(27)13-17)15-11-22(28)24(30)23(29)12-15/h1-13H. The average molecular weight is 462 g/mol. The van der Waals surface area contributed by atoms with Crippen molar-refractivity contribution in [1.82, 2.24) is 0 Å². The van der Waals surface area contributed by atoms with E-state index in [2.05, 4.69) is 4.74 Å². The highest BCUT2D eigenvalue weighted by atomic mass is 19.3. The molecule has 0 radical (unpaired) electrons. The van der Waals surface area contributed by atoms with Crippen LogP contribution in [0, 0.1) is 29.1 Å². The maximum atomic E-state index is 14.6. The van der Waals surface area contributed by atoms with E-state index < -0.39 is 46.5 Å². The van der Waals surface area contributed by atoms with Crippen LogP contribution in [0.5, 0.6) is 5.75 Å². The number of halogens is 7. The van der Waals surface area contributed by atoms with Crippen LogP contribution in [0.2, 0.25) is 0 Å². The van der Waals surface area contributed by atoms with Gasteiger partial charge in [0.05, 0.1) is 5.56 Å². The Morgan fingerprint density at radius 3 is 1.76 bits per heavy atom. The maximum Gasteiger partial charge on any atom is 0.426 e. The fourth-order valence-electron chi connectivity index (χ4n) is 3.25. The SMILES string of the molecule is Fc1ccccc1-c1ccc(C(F)(F)Oc2ccc(-c3cc(F)c(F)c(F)c3)c(F)c2)cc1. The highest BCUT2D eigenvalue weighted by Crippen LogP contribution is 2.35. The monoisotopic (exact) mass is 462 g/mol. The molecule has 4 rings (SSSR count). The van der Waals surface area contributed by atoms with Gasteiger partial charge in [-0.3, -0.25) is 0 Å². The molecule has 0 spiro atoms. The molecule has 0 saturated carbocycles. The summed E-state index contributed by atoms with van der Waals surface area (Å²) in [5, 5.41) is 0. The number of rotatable bonds is 5. The topological polar surface area (TPSA) is 9.23 Å². The van der Waals surface area contributed by atoms with Gasteiger partial charge in [-0.1, -0.05) is 30.3 Å². The maximum absolute atomic E-state index is 14.6. The third-order valence-corrected chi connectivity index (χ3v) is 4.89. The lowest BCUT2D eigenvalue weighted by atomic mass is 10.0. The summed E-state index contributed by atoms with van der Waals surface area (Å²) in [5.74, 6) is -6.92. The highest BCUT2D eigenvalue weighted by Gasteiger charge is 2.34. The minimum absolute atomic E-state index is 0.236. The van der Waals surface area contributed by atoms with Crippen molar-refractivity contribution < 1.29 is 35.5 Å². The first-order valence-electron chi connectivity index (χ1n) is 9.52. The van der Waals surface area contributed by atoms with Crippen LogP contribution < -0.4 is 4.74 Å². The van der Waals surface area contributed by atoms with Gasteiger partial charge in [0, 0.05) is 17.2 Å². The van der Waals surface area contributed by atoms with Crippen LogP contribution in [0.15, 0.2) is 78.9 Å². The second-order valence-corrected chi connectivity index (χ2v) is 7.07. The lowest BCUT2D eigenvalue weighted by Gasteiger charge is -2.19. The first kappa shape index (κ1) is 22.4. The Hall–Kier alpha value is -3.81. The quantitative estimate of drug-likeness (QED) is 0.217. The van der Waals surface area contributed by atoms with Crippen LogP contribution in [0.3, 0.4) is 0 Å². The van der Waals surface area contributed by atoms with Gasteiger partial charge in [0.15, 0.2) is 17.5 Å². The zero-order valence-corrected chi connectivity index (χ0v) is 16.6. The van der Waals surface area contributed by atoms with Crippen LogP contribution >= 0.6 is 0 Å². The van der Waals surface area contributed by atoms with E-state index >= 15 is 0 Å². The van der Waals surface area contributed by atoms with Gasteiger partial charge in [0.2, 0.25) is 0 Å². The van der Waals surface area contributed by atoms with Gasteiger partial charge >= 0.3 is 6.11 Å². The summed E-state index contributed by atoms with van der Waals surface area (Å²) in [5.41, 5.74) is -0.597. The Kier molecular flexibility index (Phi) is 5.84. The third kappa shape index (κ3) is 4.55. The molecule has 0 aliphatic rings. The molecule has 0 aliphatic heterocycles. The Morgan fingerprint density at radius 2 is 1.15 bits per heavy atom. The number of benzene rings is 4. The number of alkyl halides is 2. The number of ether oxygens (including phenoxy) is 1. The average Bonchev–Trinajstić information content (AvgIpc) is 2.77. The normalized spacial score (nSPS) is 11.5. The molecule has 0 unspecified atom stereocenters. The first-order chi connectivity index (χ1) is 15.7. The molecule has 0 heterocycles. The van der Waals surface area contributed by atoms with Gasteiger partial charge in [0.1, 0.15) is 17.4 Å². The lowest BCUT2D eigenvalue weighted by Crippen LogP contribution is -2.21. The molecule has 0 aliphatic carbocycles. The second kappa shape index (κ2) is 8.61.